The first kappa shape index (κ1) is 13.3. The van der Waals surface area contributed by atoms with Gasteiger partial charge in [-0.05, 0) is 31.2 Å². The van der Waals surface area contributed by atoms with E-state index in [0.29, 0.717) is 36.9 Å². The van der Waals surface area contributed by atoms with Gasteiger partial charge in [0, 0.05) is 23.6 Å². The second kappa shape index (κ2) is 5.37. The summed E-state index contributed by atoms with van der Waals surface area (Å²) in [4.78, 5) is 2.17. The van der Waals surface area contributed by atoms with E-state index < -0.39 is 5.79 Å². The van der Waals surface area contributed by atoms with Crippen LogP contribution in [0.1, 0.15) is 18.4 Å². The summed E-state index contributed by atoms with van der Waals surface area (Å²) in [5.74, 6) is -0.676. The number of nitrogens with zero attached hydrogens (tertiary/aromatic N) is 1. The van der Waals surface area contributed by atoms with Crippen molar-refractivity contribution in [2.75, 3.05) is 26.3 Å². The molecule has 2 aliphatic heterocycles. The first-order valence-corrected chi connectivity index (χ1v) is 6.99. The van der Waals surface area contributed by atoms with E-state index in [1.54, 1.807) is 12.1 Å². The Morgan fingerprint density at radius 2 is 2.11 bits per heavy atom. The predicted molar refractivity (Wildman–Crippen MR) is 70.6 cm³/mol. The SMILES string of the molecule is Fc1ccc(Cl)cc1CN1CCCC2(C1)OCCO2. The van der Waals surface area contributed by atoms with E-state index in [1.807, 2.05) is 0 Å². The molecule has 1 aromatic carbocycles. The molecule has 0 aliphatic carbocycles. The normalized spacial score (nSPS) is 23.1. The minimum atomic E-state index is -0.465. The Labute approximate surface area is 117 Å². The molecule has 2 heterocycles. The molecule has 2 fully saturated rings. The summed E-state index contributed by atoms with van der Waals surface area (Å²) in [6.07, 6.45) is 1.92. The van der Waals surface area contributed by atoms with Crippen LogP contribution in [0.2, 0.25) is 5.02 Å². The summed E-state index contributed by atoms with van der Waals surface area (Å²) in [7, 11) is 0. The number of rotatable bonds is 2. The maximum atomic E-state index is 13.7. The molecule has 104 valence electrons. The lowest BCUT2D eigenvalue weighted by Crippen LogP contribution is -2.48. The lowest BCUT2D eigenvalue weighted by molar-refractivity contribution is -0.190. The highest BCUT2D eigenvalue weighted by molar-refractivity contribution is 6.30. The van der Waals surface area contributed by atoms with Crippen LogP contribution in [-0.4, -0.2) is 37.0 Å². The van der Waals surface area contributed by atoms with Crippen molar-refractivity contribution >= 4 is 11.6 Å². The van der Waals surface area contributed by atoms with Gasteiger partial charge >= 0.3 is 0 Å². The lowest BCUT2D eigenvalue weighted by Gasteiger charge is -2.38. The highest BCUT2D eigenvalue weighted by atomic mass is 35.5. The molecule has 3 nitrogen and oxygen atoms in total. The Hall–Kier alpha value is -0.680. The summed E-state index contributed by atoms with van der Waals surface area (Å²) in [5.41, 5.74) is 0.627. The van der Waals surface area contributed by atoms with Gasteiger partial charge < -0.3 is 9.47 Å². The first-order chi connectivity index (χ1) is 9.17. The van der Waals surface area contributed by atoms with Crippen molar-refractivity contribution in [1.82, 2.24) is 4.90 Å². The van der Waals surface area contributed by atoms with E-state index in [4.69, 9.17) is 21.1 Å². The summed E-state index contributed by atoms with van der Waals surface area (Å²) in [5, 5.41) is 0.566. The van der Waals surface area contributed by atoms with Gasteiger partial charge in [0.2, 0.25) is 0 Å². The molecule has 3 rings (SSSR count). The smallest absolute Gasteiger partial charge is 0.181 e. The van der Waals surface area contributed by atoms with Crippen molar-refractivity contribution in [3.63, 3.8) is 0 Å². The first-order valence-electron chi connectivity index (χ1n) is 6.61. The average Bonchev–Trinajstić information content (AvgIpc) is 2.82. The second-order valence-corrected chi connectivity index (χ2v) is 5.59. The van der Waals surface area contributed by atoms with Gasteiger partial charge in [-0.25, -0.2) is 4.39 Å². The van der Waals surface area contributed by atoms with Crippen LogP contribution in [0.3, 0.4) is 0 Å². The van der Waals surface area contributed by atoms with Gasteiger partial charge in [-0.3, -0.25) is 4.90 Å². The van der Waals surface area contributed by atoms with Crippen molar-refractivity contribution in [3.8, 4) is 0 Å². The van der Waals surface area contributed by atoms with Crippen molar-refractivity contribution in [3.05, 3.63) is 34.6 Å². The summed E-state index contributed by atoms with van der Waals surface area (Å²) < 4.78 is 25.2. The lowest BCUT2D eigenvalue weighted by atomic mass is 10.0. The monoisotopic (exact) mass is 285 g/mol. The Morgan fingerprint density at radius 1 is 1.32 bits per heavy atom. The molecule has 0 radical (unpaired) electrons. The van der Waals surface area contributed by atoms with Crippen molar-refractivity contribution in [2.24, 2.45) is 0 Å². The molecular formula is C14H17ClFNO2. The van der Waals surface area contributed by atoms with Crippen LogP contribution in [0.15, 0.2) is 18.2 Å². The number of halogens is 2. The molecular weight excluding hydrogens is 269 g/mol. The molecule has 0 unspecified atom stereocenters. The van der Waals surface area contributed by atoms with Gasteiger partial charge in [-0.2, -0.15) is 0 Å². The third-order valence-corrected chi connectivity index (χ3v) is 3.95. The fourth-order valence-electron chi connectivity index (χ4n) is 2.84. The van der Waals surface area contributed by atoms with Crippen molar-refractivity contribution in [2.45, 2.75) is 25.2 Å². The van der Waals surface area contributed by atoms with E-state index in [-0.39, 0.29) is 5.82 Å². The van der Waals surface area contributed by atoms with Gasteiger partial charge in [-0.15, -0.1) is 0 Å². The van der Waals surface area contributed by atoms with Gasteiger partial charge in [0.25, 0.3) is 0 Å². The maximum absolute atomic E-state index is 13.7. The zero-order valence-electron chi connectivity index (χ0n) is 10.7. The van der Waals surface area contributed by atoms with Crippen molar-refractivity contribution < 1.29 is 13.9 Å². The average molecular weight is 286 g/mol. The van der Waals surface area contributed by atoms with Crippen LogP contribution in [0.25, 0.3) is 0 Å². The Morgan fingerprint density at radius 3 is 2.89 bits per heavy atom. The number of hydrogen-bond donors (Lipinski definition) is 0. The quantitative estimate of drug-likeness (QED) is 0.834. The van der Waals surface area contributed by atoms with E-state index in [1.165, 1.54) is 6.07 Å². The van der Waals surface area contributed by atoms with E-state index in [2.05, 4.69) is 4.90 Å². The number of benzene rings is 1. The minimum Gasteiger partial charge on any atom is -0.346 e. The van der Waals surface area contributed by atoms with Crippen LogP contribution in [0.5, 0.6) is 0 Å². The molecule has 0 saturated carbocycles. The third kappa shape index (κ3) is 2.92. The van der Waals surface area contributed by atoms with E-state index in [9.17, 15) is 4.39 Å². The zero-order valence-corrected chi connectivity index (χ0v) is 11.5. The van der Waals surface area contributed by atoms with Crippen LogP contribution in [-0.2, 0) is 16.0 Å². The van der Waals surface area contributed by atoms with Gasteiger partial charge in [0.05, 0.1) is 19.8 Å². The molecule has 0 aromatic heterocycles. The van der Waals surface area contributed by atoms with E-state index in [0.717, 1.165) is 19.4 Å². The highest BCUT2D eigenvalue weighted by Gasteiger charge is 2.40. The third-order valence-electron chi connectivity index (χ3n) is 3.71. The molecule has 2 saturated heterocycles. The molecule has 1 aromatic rings. The van der Waals surface area contributed by atoms with Crippen LogP contribution >= 0.6 is 11.6 Å². The van der Waals surface area contributed by atoms with Crippen LogP contribution in [0.4, 0.5) is 4.39 Å². The Balaban J connectivity index is 1.70. The molecule has 0 bridgehead atoms. The molecule has 1 spiro atoms. The standard InChI is InChI=1S/C14H17ClFNO2/c15-12-2-3-13(16)11(8-12)9-17-5-1-4-14(10-17)18-6-7-19-14/h2-3,8H,1,4-7,9-10H2. The molecule has 0 atom stereocenters. The second-order valence-electron chi connectivity index (χ2n) is 5.16. The number of hydrogen-bond acceptors (Lipinski definition) is 3. The summed E-state index contributed by atoms with van der Waals surface area (Å²) in [6, 6.07) is 4.68. The van der Waals surface area contributed by atoms with Crippen molar-refractivity contribution in [1.29, 1.82) is 0 Å². The zero-order chi connectivity index (χ0) is 13.3. The number of piperidine rings is 1. The fourth-order valence-corrected chi connectivity index (χ4v) is 3.04. The van der Waals surface area contributed by atoms with Crippen LogP contribution in [0, 0.1) is 5.82 Å². The molecule has 19 heavy (non-hydrogen) atoms. The maximum Gasteiger partial charge on any atom is 0.181 e. The van der Waals surface area contributed by atoms with E-state index >= 15 is 0 Å². The molecule has 5 heteroatoms. The summed E-state index contributed by atoms with van der Waals surface area (Å²) >= 11 is 5.92. The highest BCUT2D eigenvalue weighted by Crippen LogP contribution is 2.31. The molecule has 0 amide bonds. The summed E-state index contributed by atoms with van der Waals surface area (Å²) in [6.45, 7) is 3.47. The largest absolute Gasteiger partial charge is 0.346 e. The number of ether oxygens (including phenoxy) is 2. The Bertz CT molecular complexity index is 463. The fraction of sp³-hybridized carbons (Fsp3) is 0.571. The number of likely N-dealkylation sites (tertiary alicyclic amines) is 1. The van der Waals surface area contributed by atoms with Gasteiger partial charge in [-0.1, -0.05) is 11.6 Å². The Kier molecular flexibility index (Phi) is 3.76. The van der Waals surface area contributed by atoms with Gasteiger partial charge in [0.1, 0.15) is 5.82 Å². The topological polar surface area (TPSA) is 21.7 Å². The van der Waals surface area contributed by atoms with Gasteiger partial charge in [0.15, 0.2) is 5.79 Å². The minimum absolute atomic E-state index is 0.211. The predicted octanol–water partition coefficient (Wildman–Crippen LogP) is 2.82. The molecule has 0 N–H and O–H groups in total. The van der Waals surface area contributed by atoms with Crippen LogP contribution < -0.4 is 0 Å². The molecule has 2 aliphatic rings.